The van der Waals surface area contributed by atoms with Crippen LogP contribution in [-0.2, 0) is 4.74 Å². The largest absolute Gasteiger partial charge is 0.379 e. The highest BCUT2D eigenvalue weighted by Gasteiger charge is 2.28. The molecule has 5 heteroatoms. The lowest BCUT2D eigenvalue weighted by Crippen LogP contribution is -2.37. The first kappa shape index (κ1) is 17.9. The topological polar surface area (TPSA) is 21.3 Å². The Morgan fingerprint density at radius 1 is 1.40 bits per heavy atom. The summed E-state index contributed by atoms with van der Waals surface area (Å²) >= 11 is 9.24. The zero-order chi connectivity index (χ0) is 15.3. The van der Waals surface area contributed by atoms with Gasteiger partial charge < -0.3 is 10.1 Å². The Kier molecular flexibility index (Phi) is 7.45. The third-order valence-electron chi connectivity index (χ3n) is 3.27. The normalized spacial score (nSPS) is 14.6. The molecule has 0 bridgehead atoms. The molecule has 0 fully saturated rings. The van der Waals surface area contributed by atoms with Crippen molar-refractivity contribution in [2.75, 3.05) is 13.7 Å². The number of halogens is 3. The quantitative estimate of drug-likeness (QED) is 0.689. The first-order chi connectivity index (χ1) is 9.43. The SMILES string of the molecule is CCCNC(c1ccc(Br)c(Cl)c1F)C(OC)C(C)C. The lowest BCUT2D eigenvalue weighted by molar-refractivity contribution is 0.0317. The number of rotatable bonds is 7. The second-order valence-corrected chi connectivity index (χ2v) is 6.37. The molecule has 0 aliphatic rings. The second-order valence-electron chi connectivity index (χ2n) is 5.14. The predicted octanol–water partition coefficient (Wildman–Crippen LogP) is 4.95. The van der Waals surface area contributed by atoms with Crippen molar-refractivity contribution in [3.63, 3.8) is 0 Å². The number of ether oxygens (including phenoxy) is 1. The molecule has 0 heterocycles. The van der Waals surface area contributed by atoms with Gasteiger partial charge in [-0.25, -0.2) is 4.39 Å². The van der Waals surface area contributed by atoms with E-state index in [2.05, 4.69) is 42.0 Å². The molecule has 0 saturated heterocycles. The maximum Gasteiger partial charge on any atom is 0.147 e. The molecule has 1 aromatic rings. The van der Waals surface area contributed by atoms with Gasteiger partial charge in [0.15, 0.2) is 0 Å². The Morgan fingerprint density at radius 3 is 2.55 bits per heavy atom. The Bertz CT molecular complexity index is 442. The molecule has 0 saturated carbocycles. The lowest BCUT2D eigenvalue weighted by atomic mass is 9.93. The number of hydrogen-bond acceptors (Lipinski definition) is 2. The van der Waals surface area contributed by atoms with Crippen LogP contribution >= 0.6 is 27.5 Å². The maximum atomic E-state index is 14.4. The van der Waals surface area contributed by atoms with Crippen molar-refractivity contribution in [1.82, 2.24) is 5.32 Å². The van der Waals surface area contributed by atoms with Gasteiger partial charge in [0.25, 0.3) is 0 Å². The molecule has 20 heavy (non-hydrogen) atoms. The van der Waals surface area contributed by atoms with E-state index in [0.29, 0.717) is 10.0 Å². The van der Waals surface area contributed by atoms with Crippen LogP contribution in [0.4, 0.5) is 4.39 Å². The first-order valence-electron chi connectivity index (χ1n) is 6.83. The molecule has 2 nitrogen and oxygen atoms in total. The Labute approximate surface area is 134 Å². The predicted molar refractivity (Wildman–Crippen MR) is 85.8 cm³/mol. The van der Waals surface area contributed by atoms with Gasteiger partial charge in [0, 0.05) is 17.1 Å². The summed E-state index contributed by atoms with van der Waals surface area (Å²) in [4.78, 5) is 0. The molecule has 2 atom stereocenters. The summed E-state index contributed by atoms with van der Waals surface area (Å²) in [6.45, 7) is 7.00. The van der Waals surface area contributed by atoms with Crippen LogP contribution in [0.5, 0.6) is 0 Å². The summed E-state index contributed by atoms with van der Waals surface area (Å²) < 4.78 is 20.6. The number of nitrogens with one attached hydrogen (secondary N) is 1. The minimum absolute atomic E-state index is 0.115. The summed E-state index contributed by atoms with van der Waals surface area (Å²) in [6, 6.07) is 3.31. The van der Waals surface area contributed by atoms with E-state index in [1.54, 1.807) is 19.2 Å². The van der Waals surface area contributed by atoms with Gasteiger partial charge in [-0.05, 0) is 40.9 Å². The fraction of sp³-hybridized carbons (Fsp3) is 0.600. The van der Waals surface area contributed by atoms with Gasteiger partial charge in [0.1, 0.15) is 5.82 Å². The van der Waals surface area contributed by atoms with Crippen LogP contribution in [0.15, 0.2) is 16.6 Å². The number of hydrogen-bond donors (Lipinski definition) is 1. The molecule has 0 aliphatic carbocycles. The van der Waals surface area contributed by atoms with E-state index < -0.39 is 5.82 Å². The zero-order valence-electron chi connectivity index (χ0n) is 12.3. The fourth-order valence-corrected chi connectivity index (χ4v) is 2.76. The van der Waals surface area contributed by atoms with Crippen molar-refractivity contribution >= 4 is 27.5 Å². The molecule has 2 unspecified atom stereocenters. The molecular weight excluding hydrogens is 345 g/mol. The third-order valence-corrected chi connectivity index (χ3v) is 4.53. The summed E-state index contributed by atoms with van der Waals surface area (Å²) in [6.07, 6.45) is 0.852. The van der Waals surface area contributed by atoms with Crippen LogP contribution in [0.1, 0.15) is 38.8 Å². The molecule has 1 rings (SSSR count). The first-order valence-corrected chi connectivity index (χ1v) is 8.00. The summed E-state index contributed by atoms with van der Waals surface area (Å²) in [5.41, 5.74) is 0.548. The van der Waals surface area contributed by atoms with E-state index >= 15 is 0 Å². The summed E-state index contributed by atoms with van der Waals surface area (Å²) in [5.74, 6) is -0.131. The minimum Gasteiger partial charge on any atom is -0.379 e. The van der Waals surface area contributed by atoms with Crippen LogP contribution in [0.2, 0.25) is 5.02 Å². The molecule has 1 N–H and O–H groups in total. The Morgan fingerprint density at radius 2 is 2.05 bits per heavy atom. The van der Waals surface area contributed by atoms with E-state index in [1.807, 2.05) is 0 Å². The molecule has 114 valence electrons. The van der Waals surface area contributed by atoms with Crippen LogP contribution in [0.3, 0.4) is 0 Å². The molecule has 0 amide bonds. The summed E-state index contributed by atoms with van der Waals surface area (Å²) in [7, 11) is 1.66. The van der Waals surface area contributed by atoms with Crippen LogP contribution in [0.25, 0.3) is 0 Å². The average Bonchev–Trinajstić information content (AvgIpc) is 2.41. The van der Waals surface area contributed by atoms with Gasteiger partial charge in [0.05, 0.1) is 17.2 Å². The average molecular weight is 367 g/mol. The van der Waals surface area contributed by atoms with E-state index in [4.69, 9.17) is 16.3 Å². The molecule has 1 aromatic carbocycles. The van der Waals surface area contributed by atoms with Crippen LogP contribution in [-0.4, -0.2) is 19.8 Å². The van der Waals surface area contributed by atoms with Crippen molar-refractivity contribution in [1.29, 1.82) is 0 Å². The fourth-order valence-electron chi connectivity index (χ4n) is 2.28. The maximum absolute atomic E-state index is 14.4. The van der Waals surface area contributed by atoms with E-state index in [0.717, 1.165) is 13.0 Å². The van der Waals surface area contributed by atoms with Crippen molar-refractivity contribution < 1.29 is 9.13 Å². The van der Waals surface area contributed by atoms with E-state index in [1.165, 1.54) is 0 Å². The third kappa shape index (κ3) is 4.17. The molecule has 0 aromatic heterocycles. The van der Waals surface area contributed by atoms with Crippen molar-refractivity contribution in [3.05, 3.63) is 33.0 Å². The highest BCUT2D eigenvalue weighted by Crippen LogP contribution is 2.33. The van der Waals surface area contributed by atoms with Crippen LogP contribution in [0, 0.1) is 11.7 Å². The van der Waals surface area contributed by atoms with Gasteiger partial charge in [0.2, 0.25) is 0 Å². The van der Waals surface area contributed by atoms with Crippen molar-refractivity contribution in [2.45, 2.75) is 39.3 Å². The monoisotopic (exact) mass is 365 g/mol. The number of methoxy groups -OCH3 is 1. The zero-order valence-corrected chi connectivity index (χ0v) is 14.7. The van der Waals surface area contributed by atoms with Crippen molar-refractivity contribution in [3.8, 4) is 0 Å². The minimum atomic E-state index is -0.391. The molecule has 0 spiro atoms. The van der Waals surface area contributed by atoms with Crippen molar-refractivity contribution in [2.24, 2.45) is 5.92 Å². The molecular formula is C15H22BrClFNO. The second kappa shape index (κ2) is 8.32. The Hall–Kier alpha value is -0.160. The number of benzene rings is 1. The summed E-state index contributed by atoms with van der Waals surface area (Å²) in [5, 5.41) is 3.48. The lowest BCUT2D eigenvalue weighted by Gasteiger charge is -2.30. The van der Waals surface area contributed by atoms with Gasteiger partial charge in [-0.15, -0.1) is 0 Å². The van der Waals surface area contributed by atoms with Gasteiger partial charge in [-0.1, -0.05) is 38.4 Å². The van der Waals surface area contributed by atoms with Gasteiger partial charge >= 0.3 is 0 Å². The highest BCUT2D eigenvalue weighted by atomic mass is 79.9. The van der Waals surface area contributed by atoms with E-state index in [9.17, 15) is 4.39 Å². The smallest absolute Gasteiger partial charge is 0.147 e. The Balaban J connectivity index is 3.19. The van der Waals surface area contributed by atoms with Crippen LogP contribution < -0.4 is 5.32 Å². The highest BCUT2D eigenvalue weighted by molar-refractivity contribution is 9.10. The van der Waals surface area contributed by atoms with E-state index in [-0.39, 0.29) is 23.1 Å². The van der Waals surface area contributed by atoms with Gasteiger partial charge in [-0.3, -0.25) is 0 Å². The standard InChI is InChI=1S/C15H22BrClFNO/c1-5-8-19-14(15(20-4)9(2)3)10-6-7-11(16)12(17)13(10)18/h6-7,9,14-15,19H,5,8H2,1-4H3. The van der Waals surface area contributed by atoms with Gasteiger partial charge in [-0.2, -0.15) is 0 Å². The molecule has 0 aliphatic heterocycles. The molecule has 0 radical (unpaired) electrons.